The fourth-order valence-electron chi connectivity index (χ4n) is 4.23. The van der Waals surface area contributed by atoms with Gasteiger partial charge in [-0.05, 0) is 89.2 Å². The summed E-state index contributed by atoms with van der Waals surface area (Å²) in [5.74, 6) is 0.319. The van der Waals surface area contributed by atoms with Crippen LogP contribution in [0.1, 0.15) is 80.8 Å². The van der Waals surface area contributed by atoms with Gasteiger partial charge in [-0.1, -0.05) is 26.7 Å². The van der Waals surface area contributed by atoms with Gasteiger partial charge in [-0.2, -0.15) is 0 Å². The summed E-state index contributed by atoms with van der Waals surface area (Å²) in [6, 6.07) is 4.10. The summed E-state index contributed by atoms with van der Waals surface area (Å²) >= 11 is 0. The Morgan fingerprint density at radius 2 is 1.77 bits per heavy atom. The van der Waals surface area contributed by atoms with Crippen LogP contribution in [0.4, 0.5) is 5.69 Å². The standard InChI is InChI=1S/C15H24N2O.C10H18O2/c1-6-14-11(2)9-13(10-15(14)12(3)18)16-7-8-17(4)5;1-2-3-8-4-6-9(7-5-8)10(11)12/h9-10,16H,6-8H2,1-5H3;8-9H,2-7H2,1H3,(H,11,12). The van der Waals surface area contributed by atoms with Crippen LogP contribution in [0.25, 0.3) is 0 Å². The van der Waals surface area contributed by atoms with Gasteiger partial charge in [-0.25, -0.2) is 0 Å². The van der Waals surface area contributed by atoms with E-state index in [2.05, 4.69) is 37.1 Å². The number of carboxylic acids is 1. The summed E-state index contributed by atoms with van der Waals surface area (Å²) in [6.45, 7) is 9.86. The molecule has 2 rings (SSSR count). The van der Waals surface area contributed by atoms with Crippen LogP contribution in [-0.2, 0) is 11.2 Å². The van der Waals surface area contributed by atoms with E-state index in [0.717, 1.165) is 62.4 Å². The summed E-state index contributed by atoms with van der Waals surface area (Å²) in [5.41, 5.74) is 4.25. The number of carbonyl (C=O) groups excluding carboxylic acids is 1. The van der Waals surface area contributed by atoms with Crippen molar-refractivity contribution in [1.29, 1.82) is 0 Å². The van der Waals surface area contributed by atoms with E-state index in [0.29, 0.717) is 0 Å². The maximum Gasteiger partial charge on any atom is 0.306 e. The molecule has 0 aromatic heterocycles. The van der Waals surface area contributed by atoms with Crippen molar-refractivity contribution in [2.45, 2.75) is 72.6 Å². The minimum absolute atomic E-state index is 0.0434. The molecule has 1 fully saturated rings. The number of nitrogens with zero attached hydrogens (tertiary/aromatic N) is 1. The highest BCUT2D eigenvalue weighted by molar-refractivity contribution is 5.97. The molecule has 30 heavy (non-hydrogen) atoms. The molecule has 0 spiro atoms. The van der Waals surface area contributed by atoms with Gasteiger partial charge >= 0.3 is 5.97 Å². The van der Waals surface area contributed by atoms with E-state index in [1.165, 1.54) is 24.0 Å². The van der Waals surface area contributed by atoms with Crippen LogP contribution < -0.4 is 5.32 Å². The molecule has 0 bridgehead atoms. The number of rotatable bonds is 9. The summed E-state index contributed by atoms with van der Waals surface area (Å²) in [7, 11) is 4.10. The molecule has 0 amide bonds. The lowest BCUT2D eigenvalue weighted by Crippen LogP contribution is -2.21. The van der Waals surface area contributed by atoms with Crippen LogP contribution in [-0.4, -0.2) is 48.9 Å². The number of benzene rings is 1. The smallest absolute Gasteiger partial charge is 0.306 e. The maximum absolute atomic E-state index is 11.7. The van der Waals surface area contributed by atoms with E-state index in [-0.39, 0.29) is 11.7 Å². The number of carboxylic acid groups (broad SMARTS) is 1. The van der Waals surface area contributed by atoms with E-state index >= 15 is 0 Å². The van der Waals surface area contributed by atoms with Crippen molar-refractivity contribution in [2.24, 2.45) is 11.8 Å². The Kier molecular flexibility index (Phi) is 11.7. The second kappa shape index (κ2) is 13.4. The van der Waals surface area contributed by atoms with Crippen molar-refractivity contribution in [3.8, 4) is 0 Å². The lowest BCUT2D eigenvalue weighted by atomic mass is 9.80. The van der Waals surface area contributed by atoms with E-state index in [1.54, 1.807) is 6.92 Å². The van der Waals surface area contributed by atoms with Gasteiger partial charge in [0.1, 0.15) is 0 Å². The highest BCUT2D eigenvalue weighted by Gasteiger charge is 2.25. The second-order valence-corrected chi connectivity index (χ2v) is 8.80. The molecule has 1 aromatic rings. The van der Waals surface area contributed by atoms with Crippen molar-refractivity contribution < 1.29 is 14.7 Å². The lowest BCUT2D eigenvalue weighted by molar-refractivity contribution is -0.143. The second-order valence-electron chi connectivity index (χ2n) is 8.80. The first-order chi connectivity index (χ1) is 14.2. The van der Waals surface area contributed by atoms with Crippen LogP contribution in [0.5, 0.6) is 0 Å². The quantitative estimate of drug-likeness (QED) is 0.525. The van der Waals surface area contributed by atoms with Crippen molar-refractivity contribution >= 4 is 17.4 Å². The third-order valence-electron chi connectivity index (χ3n) is 5.99. The van der Waals surface area contributed by atoms with Crippen molar-refractivity contribution in [3.63, 3.8) is 0 Å². The third-order valence-corrected chi connectivity index (χ3v) is 5.99. The number of ketones is 1. The Morgan fingerprint density at radius 1 is 1.13 bits per heavy atom. The molecule has 1 aromatic carbocycles. The average Bonchev–Trinajstić information content (AvgIpc) is 2.68. The van der Waals surface area contributed by atoms with Gasteiger partial charge in [-0.3, -0.25) is 9.59 Å². The van der Waals surface area contributed by atoms with Crippen LogP contribution in [0.15, 0.2) is 12.1 Å². The molecule has 1 aliphatic rings. The number of aliphatic carboxylic acids is 1. The largest absolute Gasteiger partial charge is 0.481 e. The SMILES string of the molecule is CCCC1CCC(C(=O)O)CC1.CCc1c(C)cc(NCCN(C)C)cc1C(C)=O. The zero-order valence-corrected chi connectivity index (χ0v) is 19.9. The normalized spacial score (nSPS) is 18.5. The minimum atomic E-state index is -0.593. The van der Waals surface area contributed by atoms with E-state index in [1.807, 2.05) is 20.2 Å². The topological polar surface area (TPSA) is 69.6 Å². The maximum atomic E-state index is 11.7. The Hall–Kier alpha value is -1.88. The monoisotopic (exact) mass is 418 g/mol. The zero-order valence-electron chi connectivity index (χ0n) is 19.9. The van der Waals surface area contributed by atoms with Gasteiger partial charge in [-0.15, -0.1) is 0 Å². The zero-order chi connectivity index (χ0) is 22.7. The lowest BCUT2D eigenvalue weighted by Gasteiger charge is -2.25. The number of hydrogen-bond acceptors (Lipinski definition) is 4. The third kappa shape index (κ3) is 8.86. The highest BCUT2D eigenvalue weighted by atomic mass is 16.4. The Morgan fingerprint density at radius 3 is 2.23 bits per heavy atom. The Bertz CT molecular complexity index is 677. The number of nitrogens with one attached hydrogen (secondary N) is 1. The van der Waals surface area contributed by atoms with Crippen molar-refractivity contribution in [2.75, 3.05) is 32.5 Å². The molecule has 2 N–H and O–H groups in total. The summed E-state index contributed by atoms with van der Waals surface area (Å²) in [5, 5.41) is 12.1. The van der Waals surface area contributed by atoms with Gasteiger partial charge in [0, 0.05) is 24.3 Å². The van der Waals surface area contributed by atoms with Crippen molar-refractivity contribution in [1.82, 2.24) is 4.90 Å². The van der Waals surface area contributed by atoms with Gasteiger partial charge in [0.05, 0.1) is 5.92 Å². The van der Waals surface area contributed by atoms with Gasteiger partial charge in [0.15, 0.2) is 5.78 Å². The Labute approximate surface area is 183 Å². The van der Waals surface area contributed by atoms with E-state index < -0.39 is 5.97 Å². The number of anilines is 1. The van der Waals surface area contributed by atoms with Gasteiger partial charge in [0.2, 0.25) is 0 Å². The van der Waals surface area contributed by atoms with Crippen LogP contribution in [0.2, 0.25) is 0 Å². The molecular weight excluding hydrogens is 376 g/mol. The summed E-state index contributed by atoms with van der Waals surface area (Å²) in [4.78, 5) is 24.4. The molecule has 0 unspecified atom stereocenters. The van der Waals surface area contributed by atoms with Crippen LogP contribution in [0, 0.1) is 18.8 Å². The van der Waals surface area contributed by atoms with Crippen LogP contribution >= 0.6 is 0 Å². The van der Waals surface area contributed by atoms with Gasteiger partial charge in [0.25, 0.3) is 0 Å². The number of Topliss-reactive ketones (excluding diaryl/α,β-unsaturated/α-hetero) is 1. The highest BCUT2D eigenvalue weighted by Crippen LogP contribution is 2.31. The molecular formula is C25H42N2O3. The van der Waals surface area contributed by atoms with Crippen LogP contribution in [0.3, 0.4) is 0 Å². The fraction of sp³-hybridized carbons (Fsp3) is 0.680. The Balaban J connectivity index is 0.000000325. The molecule has 0 heterocycles. The van der Waals surface area contributed by atoms with E-state index in [9.17, 15) is 9.59 Å². The first kappa shape index (κ1) is 26.2. The molecule has 0 saturated heterocycles. The number of aryl methyl sites for hydroxylation is 1. The minimum Gasteiger partial charge on any atom is -0.481 e. The number of likely N-dealkylation sites (N-methyl/N-ethyl adjacent to an activating group) is 1. The molecule has 0 aliphatic heterocycles. The molecule has 1 saturated carbocycles. The molecule has 170 valence electrons. The van der Waals surface area contributed by atoms with Gasteiger partial charge < -0.3 is 15.3 Å². The average molecular weight is 419 g/mol. The summed E-state index contributed by atoms with van der Waals surface area (Å²) < 4.78 is 0. The molecule has 5 heteroatoms. The molecule has 1 aliphatic carbocycles. The molecule has 0 radical (unpaired) electrons. The predicted octanol–water partition coefficient (Wildman–Crippen LogP) is 5.41. The number of hydrogen-bond donors (Lipinski definition) is 2. The van der Waals surface area contributed by atoms with E-state index in [4.69, 9.17) is 5.11 Å². The summed E-state index contributed by atoms with van der Waals surface area (Å²) in [6.07, 6.45) is 7.49. The van der Waals surface area contributed by atoms with Crippen molar-refractivity contribution in [3.05, 3.63) is 28.8 Å². The fourth-order valence-corrected chi connectivity index (χ4v) is 4.23. The first-order valence-electron chi connectivity index (χ1n) is 11.4. The predicted molar refractivity (Wildman–Crippen MR) is 126 cm³/mol. The number of carbonyl (C=O) groups is 2. The molecule has 0 atom stereocenters. The molecule has 5 nitrogen and oxygen atoms in total. The first-order valence-corrected chi connectivity index (χ1v) is 11.4.